The fraction of sp³-hybridized carbons (Fsp3) is 0.143. The van der Waals surface area contributed by atoms with Crippen molar-refractivity contribution in [3.63, 3.8) is 0 Å². The van der Waals surface area contributed by atoms with Gasteiger partial charge in [0.15, 0.2) is 0 Å². The molecule has 0 bridgehead atoms. The monoisotopic (exact) mass is 314 g/mol. The molecule has 0 aliphatic carbocycles. The minimum Gasteiger partial charge on any atom is -0.271 e. The number of hydrogen-bond acceptors (Lipinski definition) is 2. The first-order valence-electron chi connectivity index (χ1n) is 5.70. The van der Waals surface area contributed by atoms with Crippen LogP contribution in [0.5, 0.6) is 0 Å². The van der Waals surface area contributed by atoms with Gasteiger partial charge in [-0.25, -0.2) is 5.43 Å². The highest BCUT2D eigenvalue weighted by Gasteiger charge is 2.17. The topological polar surface area (TPSA) is 38.0 Å². The molecule has 0 aromatic heterocycles. The Bertz CT molecular complexity index is 579. The Balaban J connectivity index is 2.53. The predicted octanol–water partition coefficient (Wildman–Crippen LogP) is 4.51. The number of hydrazine groups is 1. The van der Waals surface area contributed by atoms with E-state index in [1.54, 1.807) is 6.07 Å². The van der Waals surface area contributed by atoms with E-state index in [9.17, 15) is 0 Å². The van der Waals surface area contributed by atoms with Gasteiger partial charge < -0.3 is 0 Å². The van der Waals surface area contributed by atoms with Gasteiger partial charge in [-0.2, -0.15) is 0 Å². The summed E-state index contributed by atoms with van der Waals surface area (Å²) in [5.41, 5.74) is 5.57. The third kappa shape index (κ3) is 3.22. The molecule has 5 heteroatoms. The molecule has 100 valence electrons. The normalized spacial score (nSPS) is 12.5. The van der Waals surface area contributed by atoms with Crippen molar-refractivity contribution >= 4 is 34.8 Å². The maximum Gasteiger partial charge on any atom is 0.0725 e. The van der Waals surface area contributed by atoms with Crippen molar-refractivity contribution in [2.24, 2.45) is 5.84 Å². The predicted molar refractivity (Wildman–Crippen MR) is 81.8 cm³/mol. The van der Waals surface area contributed by atoms with Crippen LogP contribution >= 0.6 is 34.8 Å². The molecule has 0 heterocycles. The Morgan fingerprint density at radius 3 is 2.47 bits per heavy atom. The van der Waals surface area contributed by atoms with Gasteiger partial charge in [-0.15, -0.1) is 0 Å². The zero-order valence-corrected chi connectivity index (χ0v) is 12.5. The highest BCUT2D eigenvalue weighted by molar-refractivity contribution is 6.42. The van der Waals surface area contributed by atoms with Crippen molar-refractivity contribution in [3.05, 3.63) is 68.2 Å². The summed E-state index contributed by atoms with van der Waals surface area (Å²) in [5, 5.41) is 1.65. The molecule has 0 radical (unpaired) electrons. The zero-order chi connectivity index (χ0) is 14.0. The maximum atomic E-state index is 6.24. The van der Waals surface area contributed by atoms with Crippen LogP contribution < -0.4 is 11.3 Å². The summed E-state index contributed by atoms with van der Waals surface area (Å²) in [6.07, 6.45) is 0. The van der Waals surface area contributed by atoms with Gasteiger partial charge >= 0.3 is 0 Å². The van der Waals surface area contributed by atoms with Crippen LogP contribution in [-0.4, -0.2) is 0 Å². The number of nitrogens with two attached hydrogens (primary N) is 1. The lowest BCUT2D eigenvalue weighted by molar-refractivity contribution is 0.637. The fourth-order valence-electron chi connectivity index (χ4n) is 2.04. The summed E-state index contributed by atoms with van der Waals surface area (Å²) in [5.74, 6) is 5.66. The first-order chi connectivity index (χ1) is 9.02. The molecular formula is C14H13Cl3N2. The maximum absolute atomic E-state index is 6.24. The van der Waals surface area contributed by atoms with Crippen LogP contribution in [-0.2, 0) is 0 Å². The van der Waals surface area contributed by atoms with Crippen molar-refractivity contribution in [3.8, 4) is 0 Å². The smallest absolute Gasteiger partial charge is 0.0725 e. The van der Waals surface area contributed by atoms with E-state index >= 15 is 0 Å². The van der Waals surface area contributed by atoms with E-state index in [4.69, 9.17) is 40.6 Å². The highest BCUT2D eigenvalue weighted by Crippen LogP contribution is 2.33. The van der Waals surface area contributed by atoms with Crippen LogP contribution in [0.2, 0.25) is 15.1 Å². The van der Waals surface area contributed by atoms with E-state index in [1.807, 2.05) is 37.3 Å². The van der Waals surface area contributed by atoms with Gasteiger partial charge in [0, 0.05) is 5.02 Å². The minimum absolute atomic E-state index is 0.261. The third-order valence-electron chi connectivity index (χ3n) is 2.86. The molecule has 1 unspecified atom stereocenters. The van der Waals surface area contributed by atoms with Gasteiger partial charge in [-0.3, -0.25) is 5.84 Å². The van der Waals surface area contributed by atoms with E-state index in [0.29, 0.717) is 15.1 Å². The first-order valence-corrected chi connectivity index (χ1v) is 6.83. The summed E-state index contributed by atoms with van der Waals surface area (Å²) in [7, 11) is 0. The molecule has 2 aromatic carbocycles. The van der Waals surface area contributed by atoms with Crippen LogP contribution in [0, 0.1) is 6.92 Å². The van der Waals surface area contributed by atoms with Crippen LogP contribution in [0.4, 0.5) is 0 Å². The lowest BCUT2D eigenvalue weighted by Gasteiger charge is -2.19. The number of halogens is 3. The van der Waals surface area contributed by atoms with Crippen molar-refractivity contribution in [1.29, 1.82) is 0 Å². The van der Waals surface area contributed by atoms with Gasteiger partial charge in [-0.1, -0.05) is 53.0 Å². The molecule has 2 aromatic rings. The summed E-state index contributed by atoms with van der Waals surface area (Å²) in [6.45, 7) is 1.97. The standard InChI is InChI=1S/C14H13Cl3N2/c1-8-5-9(7-10(15)6-8)14(19-18)11-3-2-4-12(16)13(11)17/h2-7,14,19H,18H2,1H3. The molecule has 2 rings (SSSR count). The number of hydrogen-bond donors (Lipinski definition) is 2. The number of rotatable bonds is 3. The van der Waals surface area contributed by atoms with Crippen molar-refractivity contribution < 1.29 is 0 Å². The average molecular weight is 316 g/mol. The number of aryl methyl sites for hydroxylation is 1. The second-order valence-electron chi connectivity index (χ2n) is 4.30. The van der Waals surface area contributed by atoms with Crippen molar-refractivity contribution in [1.82, 2.24) is 5.43 Å². The highest BCUT2D eigenvalue weighted by atomic mass is 35.5. The van der Waals surface area contributed by atoms with Crippen LogP contribution in [0.25, 0.3) is 0 Å². The molecule has 0 saturated carbocycles. The van der Waals surface area contributed by atoms with Gasteiger partial charge in [0.2, 0.25) is 0 Å². The quantitative estimate of drug-likeness (QED) is 0.646. The van der Waals surface area contributed by atoms with Gasteiger partial charge in [-0.05, 0) is 41.8 Å². The van der Waals surface area contributed by atoms with Crippen molar-refractivity contribution in [2.45, 2.75) is 13.0 Å². The Morgan fingerprint density at radius 2 is 1.84 bits per heavy atom. The second-order valence-corrected chi connectivity index (χ2v) is 5.53. The van der Waals surface area contributed by atoms with Crippen LogP contribution in [0.15, 0.2) is 36.4 Å². The third-order valence-corrected chi connectivity index (χ3v) is 3.91. The Kier molecular flexibility index (Phi) is 4.71. The number of nitrogens with one attached hydrogen (secondary N) is 1. The SMILES string of the molecule is Cc1cc(Cl)cc(C(NN)c2cccc(Cl)c2Cl)c1. The van der Waals surface area contributed by atoms with E-state index in [0.717, 1.165) is 16.7 Å². The summed E-state index contributed by atoms with van der Waals surface area (Å²) >= 11 is 18.4. The first kappa shape index (κ1) is 14.6. The van der Waals surface area contributed by atoms with E-state index in [2.05, 4.69) is 5.43 Å². The van der Waals surface area contributed by atoms with E-state index in [1.165, 1.54) is 0 Å². The molecular weight excluding hydrogens is 303 g/mol. The second kappa shape index (κ2) is 6.12. The minimum atomic E-state index is -0.261. The van der Waals surface area contributed by atoms with Crippen LogP contribution in [0.1, 0.15) is 22.7 Å². The molecule has 0 spiro atoms. The summed E-state index contributed by atoms with van der Waals surface area (Å²) < 4.78 is 0. The molecule has 0 saturated heterocycles. The Labute approximate surface area is 127 Å². The molecule has 1 atom stereocenters. The molecule has 0 fully saturated rings. The molecule has 0 aliphatic heterocycles. The Hall–Kier alpha value is -0.770. The van der Waals surface area contributed by atoms with Gasteiger partial charge in [0.05, 0.1) is 16.1 Å². The lowest BCUT2D eigenvalue weighted by atomic mass is 9.98. The molecule has 0 amide bonds. The van der Waals surface area contributed by atoms with E-state index < -0.39 is 0 Å². The van der Waals surface area contributed by atoms with Gasteiger partial charge in [0.1, 0.15) is 0 Å². The molecule has 2 nitrogen and oxygen atoms in total. The van der Waals surface area contributed by atoms with Gasteiger partial charge in [0.25, 0.3) is 0 Å². The zero-order valence-electron chi connectivity index (χ0n) is 10.3. The molecule has 0 aliphatic rings. The van der Waals surface area contributed by atoms with Crippen molar-refractivity contribution in [2.75, 3.05) is 0 Å². The summed E-state index contributed by atoms with van der Waals surface area (Å²) in [4.78, 5) is 0. The fourth-order valence-corrected chi connectivity index (χ4v) is 2.76. The molecule has 3 N–H and O–H groups in total. The average Bonchev–Trinajstić information content (AvgIpc) is 2.34. The molecule has 19 heavy (non-hydrogen) atoms. The summed E-state index contributed by atoms with van der Waals surface area (Å²) in [6, 6.07) is 11.0. The van der Waals surface area contributed by atoms with Crippen LogP contribution in [0.3, 0.4) is 0 Å². The number of benzene rings is 2. The lowest BCUT2D eigenvalue weighted by Crippen LogP contribution is -2.29. The largest absolute Gasteiger partial charge is 0.271 e. The Morgan fingerprint density at radius 1 is 1.11 bits per heavy atom. The van der Waals surface area contributed by atoms with E-state index in [-0.39, 0.29) is 6.04 Å².